The standard InChI is InChI=1S/C10H15Br2N3O2S/c1-18(16,17)4-2-3-9(15-13)10-8(12)5-7(11)6-14-10/h5-6,9,15H,2-4,13H2,1H3. The summed E-state index contributed by atoms with van der Waals surface area (Å²) in [6.07, 6.45) is 4.06. The Hall–Kier alpha value is -0.0200. The van der Waals surface area contributed by atoms with Gasteiger partial charge >= 0.3 is 0 Å². The third-order valence-corrected chi connectivity index (χ3v) is 4.47. The Kier molecular flexibility index (Phi) is 6.19. The molecule has 0 aliphatic heterocycles. The van der Waals surface area contributed by atoms with E-state index >= 15 is 0 Å². The quantitative estimate of drug-likeness (QED) is 0.562. The number of nitrogens with one attached hydrogen (secondary N) is 1. The maximum Gasteiger partial charge on any atom is 0.147 e. The van der Waals surface area contributed by atoms with E-state index in [1.807, 2.05) is 6.07 Å². The van der Waals surface area contributed by atoms with E-state index in [0.717, 1.165) is 14.6 Å². The average molecular weight is 401 g/mol. The van der Waals surface area contributed by atoms with Crippen molar-refractivity contribution in [3.8, 4) is 0 Å². The zero-order valence-corrected chi connectivity index (χ0v) is 13.8. The van der Waals surface area contributed by atoms with E-state index in [-0.39, 0.29) is 11.8 Å². The molecule has 0 fully saturated rings. The first-order valence-electron chi connectivity index (χ1n) is 5.28. The molecule has 1 heterocycles. The zero-order chi connectivity index (χ0) is 13.8. The van der Waals surface area contributed by atoms with Gasteiger partial charge in [0.2, 0.25) is 0 Å². The minimum Gasteiger partial charge on any atom is -0.271 e. The smallest absolute Gasteiger partial charge is 0.147 e. The van der Waals surface area contributed by atoms with Crippen molar-refractivity contribution >= 4 is 41.7 Å². The van der Waals surface area contributed by atoms with Crippen LogP contribution in [0, 0.1) is 0 Å². The summed E-state index contributed by atoms with van der Waals surface area (Å²) < 4.78 is 23.8. The first-order valence-corrected chi connectivity index (χ1v) is 8.93. The molecule has 18 heavy (non-hydrogen) atoms. The fourth-order valence-electron chi connectivity index (χ4n) is 1.53. The Morgan fingerprint density at radius 1 is 1.50 bits per heavy atom. The summed E-state index contributed by atoms with van der Waals surface area (Å²) in [6.45, 7) is 0. The van der Waals surface area contributed by atoms with Crippen molar-refractivity contribution in [3.05, 3.63) is 26.9 Å². The van der Waals surface area contributed by atoms with Crippen LogP contribution < -0.4 is 11.3 Å². The molecule has 0 saturated heterocycles. The lowest BCUT2D eigenvalue weighted by Gasteiger charge is -2.16. The molecule has 102 valence electrons. The molecule has 3 N–H and O–H groups in total. The Balaban J connectivity index is 2.71. The number of nitrogens with two attached hydrogens (primary N) is 1. The zero-order valence-electron chi connectivity index (χ0n) is 9.86. The first kappa shape index (κ1) is 16.0. The van der Waals surface area contributed by atoms with Gasteiger partial charge in [0.15, 0.2) is 0 Å². The highest BCUT2D eigenvalue weighted by molar-refractivity contribution is 9.11. The van der Waals surface area contributed by atoms with Crippen LogP contribution in [-0.4, -0.2) is 25.4 Å². The molecule has 1 aromatic heterocycles. The number of hydrogen-bond acceptors (Lipinski definition) is 5. The summed E-state index contributed by atoms with van der Waals surface area (Å²) in [5.74, 6) is 5.64. The molecule has 0 aromatic carbocycles. The predicted molar refractivity (Wildman–Crippen MR) is 78.6 cm³/mol. The topological polar surface area (TPSA) is 85.1 Å². The number of nitrogens with zero attached hydrogens (tertiary/aromatic N) is 1. The van der Waals surface area contributed by atoms with Crippen LogP contribution in [0.1, 0.15) is 24.6 Å². The highest BCUT2D eigenvalue weighted by Crippen LogP contribution is 2.26. The second-order valence-electron chi connectivity index (χ2n) is 4.01. The van der Waals surface area contributed by atoms with Gasteiger partial charge in [-0.3, -0.25) is 16.3 Å². The lowest BCUT2D eigenvalue weighted by molar-refractivity contribution is 0.495. The van der Waals surface area contributed by atoms with Gasteiger partial charge in [0.05, 0.1) is 11.7 Å². The summed E-state index contributed by atoms with van der Waals surface area (Å²) in [7, 11) is -2.94. The fraction of sp³-hybridized carbons (Fsp3) is 0.500. The van der Waals surface area contributed by atoms with Crippen molar-refractivity contribution < 1.29 is 8.42 Å². The molecule has 0 aliphatic rings. The minimum atomic E-state index is -2.94. The molecule has 0 radical (unpaired) electrons. The number of hydrogen-bond donors (Lipinski definition) is 2. The highest BCUT2D eigenvalue weighted by atomic mass is 79.9. The molecule has 0 spiro atoms. The second kappa shape index (κ2) is 6.95. The molecule has 1 rings (SSSR count). The van der Waals surface area contributed by atoms with Crippen molar-refractivity contribution in [3.63, 3.8) is 0 Å². The second-order valence-corrected chi connectivity index (χ2v) is 8.04. The van der Waals surface area contributed by atoms with E-state index in [9.17, 15) is 8.42 Å². The Morgan fingerprint density at radius 2 is 2.17 bits per heavy atom. The number of pyridine rings is 1. The van der Waals surface area contributed by atoms with Gasteiger partial charge in [-0.1, -0.05) is 0 Å². The van der Waals surface area contributed by atoms with Crippen molar-refractivity contribution in [2.24, 2.45) is 5.84 Å². The van der Waals surface area contributed by atoms with Crippen molar-refractivity contribution in [1.82, 2.24) is 10.4 Å². The average Bonchev–Trinajstić information content (AvgIpc) is 2.24. The lowest BCUT2D eigenvalue weighted by atomic mass is 10.1. The number of rotatable bonds is 6. The minimum absolute atomic E-state index is 0.152. The number of halogens is 2. The monoisotopic (exact) mass is 399 g/mol. The molecule has 1 unspecified atom stereocenters. The molecule has 1 atom stereocenters. The van der Waals surface area contributed by atoms with E-state index in [4.69, 9.17) is 5.84 Å². The first-order chi connectivity index (χ1) is 8.33. The van der Waals surface area contributed by atoms with Crippen LogP contribution in [0.25, 0.3) is 0 Å². The number of sulfone groups is 1. The molecule has 0 aliphatic carbocycles. The van der Waals surface area contributed by atoms with Gasteiger partial charge in [0.1, 0.15) is 9.84 Å². The van der Waals surface area contributed by atoms with Crippen LogP contribution >= 0.6 is 31.9 Å². The van der Waals surface area contributed by atoms with E-state index in [1.165, 1.54) is 6.26 Å². The molecule has 0 amide bonds. The maximum atomic E-state index is 11.1. The van der Waals surface area contributed by atoms with E-state index < -0.39 is 9.84 Å². The predicted octanol–water partition coefficient (Wildman–Crippen LogP) is 1.94. The van der Waals surface area contributed by atoms with Gasteiger partial charge in [0, 0.05) is 27.2 Å². The molecule has 5 nitrogen and oxygen atoms in total. The molecular weight excluding hydrogens is 386 g/mol. The van der Waals surface area contributed by atoms with Crippen LogP contribution in [0.4, 0.5) is 0 Å². The molecule has 8 heteroatoms. The maximum absolute atomic E-state index is 11.1. The Bertz CT molecular complexity index is 508. The van der Waals surface area contributed by atoms with Crippen molar-refractivity contribution in [2.75, 3.05) is 12.0 Å². The number of hydrazine groups is 1. The van der Waals surface area contributed by atoms with Gasteiger partial charge < -0.3 is 0 Å². The summed E-state index contributed by atoms with van der Waals surface area (Å²) in [6, 6.07) is 1.71. The van der Waals surface area contributed by atoms with Crippen LogP contribution in [-0.2, 0) is 9.84 Å². The molecule has 0 saturated carbocycles. The van der Waals surface area contributed by atoms with Gasteiger partial charge in [-0.25, -0.2) is 8.42 Å². The van der Waals surface area contributed by atoms with Crippen LogP contribution in [0.3, 0.4) is 0 Å². The molecule has 0 bridgehead atoms. The SMILES string of the molecule is CS(=O)(=O)CCCC(NN)c1ncc(Br)cc1Br. The van der Waals surface area contributed by atoms with E-state index in [1.54, 1.807) is 6.20 Å². The molecular formula is C10H15Br2N3O2S. The van der Waals surface area contributed by atoms with Gasteiger partial charge in [-0.15, -0.1) is 0 Å². The number of aromatic nitrogens is 1. The third kappa shape index (κ3) is 5.31. The van der Waals surface area contributed by atoms with Gasteiger partial charge in [-0.05, 0) is 50.8 Å². The van der Waals surface area contributed by atoms with Gasteiger partial charge in [-0.2, -0.15) is 0 Å². The van der Waals surface area contributed by atoms with Gasteiger partial charge in [0.25, 0.3) is 0 Å². The van der Waals surface area contributed by atoms with E-state index in [0.29, 0.717) is 12.8 Å². The Morgan fingerprint density at radius 3 is 2.67 bits per heavy atom. The summed E-state index contributed by atoms with van der Waals surface area (Å²) in [5, 5.41) is 0. The summed E-state index contributed by atoms with van der Waals surface area (Å²) in [4.78, 5) is 4.28. The van der Waals surface area contributed by atoms with Crippen LogP contribution in [0.2, 0.25) is 0 Å². The van der Waals surface area contributed by atoms with Crippen molar-refractivity contribution in [2.45, 2.75) is 18.9 Å². The van der Waals surface area contributed by atoms with E-state index in [2.05, 4.69) is 42.3 Å². The summed E-state index contributed by atoms with van der Waals surface area (Å²) >= 11 is 6.74. The summed E-state index contributed by atoms with van der Waals surface area (Å²) in [5.41, 5.74) is 3.43. The normalized spacial score (nSPS) is 13.6. The third-order valence-electron chi connectivity index (χ3n) is 2.38. The molecule has 1 aromatic rings. The van der Waals surface area contributed by atoms with Crippen molar-refractivity contribution in [1.29, 1.82) is 0 Å². The van der Waals surface area contributed by atoms with Crippen LogP contribution in [0.5, 0.6) is 0 Å². The Labute approximate surface area is 124 Å². The highest BCUT2D eigenvalue weighted by Gasteiger charge is 2.15. The fourth-order valence-corrected chi connectivity index (χ4v) is 3.49. The largest absolute Gasteiger partial charge is 0.271 e. The van der Waals surface area contributed by atoms with Crippen LogP contribution in [0.15, 0.2) is 21.2 Å². The lowest BCUT2D eigenvalue weighted by Crippen LogP contribution is -2.29.